The van der Waals surface area contributed by atoms with Crippen LogP contribution in [0.25, 0.3) is 5.69 Å². The molecule has 0 amide bonds. The molecule has 1 atom stereocenters. The molecular formula is C14H18ClN3O2S. The van der Waals surface area contributed by atoms with Gasteiger partial charge < -0.3 is 5.32 Å². The Kier molecular flexibility index (Phi) is 5.03. The molecule has 0 aliphatic carbocycles. The lowest BCUT2D eigenvalue weighted by Crippen LogP contribution is -2.29. The Balaban J connectivity index is 0.00000161. The molecule has 1 aromatic heterocycles. The Morgan fingerprint density at radius 2 is 2.05 bits per heavy atom. The van der Waals surface area contributed by atoms with Crippen molar-refractivity contribution in [1.29, 1.82) is 0 Å². The van der Waals surface area contributed by atoms with Gasteiger partial charge in [-0.1, -0.05) is 12.1 Å². The first-order valence-corrected chi connectivity index (χ1v) is 8.47. The molecule has 1 N–H and O–H groups in total. The molecule has 1 unspecified atom stereocenters. The summed E-state index contributed by atoms with van der Waals surface area (Å²) in [4.78, 5) is 0. The summed E-state index contributed by atoms with van der Waals surface area (Å²) in [5.74, 6) is 0.571. The zero-order valence-electron chi connectivity index (χ0n) is 11.5. The Hall–Kier alpha value is -1.37. The van der Waals surface area contributed by atoms with Crippen molar-refractivity contribution >= 4 is 22.2 Å². The van der Waals surface area contributed by atoms with Crippen LogP contribution >= 0.6 is 12.4 Å². The van der Waals surface area contributed by atoms with Gasteiger partial charge in [0.15, 0.2) is 9.84 Å². The average Bonchev–Trinajstić information content (AvgIpc) is 3.06. The van der Waals surface area contributed by atoms with E-state index in [1.54, 1.807) is 10.9 Å². The molecule has 114 valence electrons. The van der Waals surface area contributed by atoms with E-state index in [1.165, 1.54) is 0 Å². The predicted octanol–water partition coefficient (Wildman–Crippen LogP) is 1.57. The van der Waals surface area contributed by atoms with Crippen molar-refractivity contribution in [2.75, 3.05) is 11.5 Å². The molecule has 7 heteroatoms. The summed E-state index contributed by atoms with van der Waals surface area (Å²) >= 11 is 0. The van der Waals surface area contributed by atoms with E-state index >= 15 is 0 Å². The number of rotatable bonds is 4. The van der Waals surface area contributed by atoms with E-state index in [2.05, 4.69) is 10.4 Å². The zero-order chi connectivity index (χ0) is 14.0. The lowest BCUT2D eigenvalue weighted by atomic mass is 10.2. The highest BCUT2D eigenvalue weighted by atomic mass is 35.5. The molecule has 1 aromatic carbocycles. The standard InChI is InChI=1S/C14H17N3O2S.ClH/c18-20(19)9-6-13(11-20)15-10-12-2-4-14(5-3-12)17-8-1-7-16-17;/h1-5,7-8,13,15H,6,9-11H2;1H. The molecule has 0 saturated carbocycles. The Bertz CT molecular complexity index is 669. The van der Waals surface area contributed by atoms with Crippen LogP contribution in [0.5, 0.6) is 0 Å². The van der Waals surface area contributed by atoms with Crippen LogP contribution in [0.15, 0.2) is 42.7 Å². The fourth-order valence-electron chi connectivity index (χ4n) is 2.41. The highest BCUT2D eigenvalue weighted by Gasteiger charge is 2.27. The number of aromatic nitrogens is 2. The summed E-state index contributed by atoms with van der Waals surface area (Å²) in [5, 5.41) is 7.48. The second-order valence-electron chi connectivity index (χ2n) is 5.10. The third-order valence-corrected chi connectivity index (χ3v) is 5.30. The molecule has 0 bridgehead atoms. The summed E-state index contributed by atoms with van der Waals surface area (Å²) in [7, 11) is -2.81. The van der Waals surface area contributed by atoms with E-state index < -0.39 is 9.84 Å². The van der Waals surface area contributed by atoms with E-state index in [0.29, 0.717) is 18.7 Å². The minimum atomic E-state index is -2.81. The van der Waals surface area contributed by atoms with Crippen LogP contribution in [0.1, 0.15) is 12.0 Å². The normalized spacial score (nSPS) is 20.1. The summed E-state index contributed by atoms with van der Waals surface area (Å²) < 4.78 is 24.6. The number of sulfone groups is 1. The largest absolute Gasteiger partial charge is 0.309 e. The van der Waals surface area contributed by atoms with Crippen LogP contribution in [-0.4, -0.2) is 35.7 Å². The number of hydrogen-bond acceptors (Lipinski definition) is 4. The minimum Gasteiger partial charge on any atom is -0.309 e. The van der Waals surface area contributed by atoms with Crippen LogP contribution in [0.2, 0.25) is 0 Å². The third kappa shape index (κ3) is 4.06. The Morgan fingerprint density at radius 3 is 2.62 bits per heavy atom. The van der Waals surface area contributed by atoms with E-state index in [9.17, 15) is 8.42 Å². The number of benzene rings is 1. The summed E-state index contributed by atoms with van der Waals surface area (Å²) in [6.45, 7) is 0.694. The maximum absolute atomic E-state index is 11.4. The second kappa shape index (κ2) is 6.60. The highest BCUT2D eigenvalue weighted by Crippen LogP contribution is 2.13. The molecular weight excluding hydrogens is 310 g/mol. The van der Waals surface area contributed by atoms with E-state index in [0.717, 1.165) is 11.3 Å². The second-order valence-corrected chi connectivity index (χ2v) is 7.33. The van der Waals surface area contributed by atoms with Gasteiger partial charge in [0.2, 0.25) is 0 Å². The molecule has 2 aromatic rings. The van der Waals surface area contributed by atoms with Gasteiger partial charge in [-0.25, -0.2) is 13.1 Å². The van der Waals surface area contributed by atoms with Crippen molar-refractivity contribution in [3.05, 3.63) is 48.3 Å². The van der Waals surface area contributed by atoms with Gasteiger partial charge in [0, 0.05) is 25.0 Å². The molecule has 2 heterocycles. The number of nitrogens with one attached hydrogen (secondary N) is 1. The smallest absolute Gasteiger partial charge is 0.151 e. The van der Waals surface area contributed by atoms with Crippen LogP contribution in [-0.2, 0) is 16.4 Å². The fraction of sp³-hybridized carbons (Fsp3) is 0.357. The van der Waals surface area contributed by atoms with E-state index in [4.69, 9.17) is 0 Å². The SMILES string of the molecule is Cl.O=S1(=O)CCC(NCc2ccc(-n3cccn3)cc2)C1. The number of nitrogens with zero attached hydrogens (tertiary/aromatic N) is 2. The van der Waals surface area contributed by atoms with Crippen LogP contribution in [0.4, 0.5) is 0 Å². The van der Waals surface area contributed by atoms with Crippen LogP contribution in [0, 0.1) is 0 Å². The van der Waals surface area contributed by atoms with Crippen molar-refractivity contribution < 1.29 is 8.42 Å². The monoisotopic (exact) mass is 327 g/mol. The molecule has 1 fully saturated rings. The molecule has 1 aliphatic heterocycles. The maximum atomic E-state index is 11.4. The van der Waals surface area contributed by atoms with Gasteiger partial charge in [-0.15, -0.1) is 12.4 Å². The van der Waals surface area contributed by atoms with Crippen molar-refractivity contribution in [2.24, 2.45) is 0 Å². The molecule has 0 radical (unpaired) electrons. The van der Waals surface area contributed by atoms with E-state index in [1.807, 2.05) is 36.5 Å². The van der Waals surface area contributed by atoms with Gasteiger partial charge in [-0.3, -0.25) is 0 Å². The summed E-state index contributed by atoms with van der Waals surface area (Å²) in [5.41, 5.74) is 2.16. The highest BCUT2D eigenvalue weighted by molar-refractivity contribution is 7.91. The zero-order valence-corrected chi connectivity index (χ0v) is 13.1. The lowest BCUT2D eigenvalue weighted by molar-refractivity contribution is 0.554. The number of hydrogen-bond donors (Lipinski definition) is 1. The van der Waals surface area contributed by atoms with Gasteiger partial charge >= 0.3 is 0 Å². The first-order chi connectivity index (χ1) is 9.62. The topological polar surface area (TPSA) is 64.0 Å². The molecule has 1 aliphatic rings. The quantitative estimate of drug-likeness (QED) is 0.926. The Morgan fingerprint density at radius 1 is 1.29 bits per heavy atom. The minimum absolute atomic E-state index is 0. The first kappa shape index (κ1) is 16.0. The summed E-state index contributed by atoms with van der Waals surface area (Å²) in [6.07, 6.45) is 4.36. The van der Waals surface area contributed by atoms with E-state index in [-0.39, 0.29) is 24.2 Å². The van der Waals surface area contributed by atoms with Crippen molar-refractivity contribution in [3.63, 3.8) is 0 Å². The summed E-state index contributed by atoms with van der Waals surface area (Å²) in [6, 6.07) is 10.1. The molecule has 0 spiro atoms. The fourth-order valence-corrected chi connectivity index (χ4v) is 4.11. The van der Waals surface area contributed by atoms with Gasteiger partial charge in [-0.2, -0.15) is 5.10 Å². The van der Waals surface area contributed by atoms with Gasteiger partial charge in [0.1, 0.15) is 0 Å². The molecule has 3 rings (SSSR count). The van der Waals surface area contributed by atoms with Crippen LogP contribution in [0.3, 0.4) is 0 Å². The van der Waals surface area contributed by atoms with Gasteiger partial charge in [-0.05, 0) is 30.2 Å². The number of halogens is 1. The Labute approximate surface area is 130 Å². The van der Waals surface area contributed by atoms with Crippen molar-refractivity contribution in [1.82, 2.24) is 15.1 Å². The average molecular weight is 328 g/mol. The van der Waals surface area contributed by atoms with Crippen molar-refractivity contribution in [3.8, 4) is 5.69 Å². The molecule has 1 saturated heterocycles. The third-order valence-electron chi connectivity index (χ3n) is 3.53. The van der Waals surface area contributed by atoms with Crippen molar-refractivity contribution in [2.45, 2.75) is 19.0 Å². The van der Waals surface area contributed by atoms with Crippen LogP contribution < -0.4 is 5.32 Å². The predicted molar refractivity (Wildman–Crippen MR) is 84.7 cm³/mol. The molecule has 21 heavy (non-hydrogen) atoms. The first-order valence-electron chi connectivity index (χ1n) is 6.65. The molecule has 5 nitrogen and oxygen atoms in total. The van der Waals surface area contributed by atoms with Gasteiger partial charge in [0.05, 0.1) is 17.2 Å². The van der Waals surface area contributed by atoms with Gasteiger partial charge in [0.25, 0.3) is 0 Å². The maximum Gasteiger partial charge on any atom is 0.151 e. The lowest BCUT2D eigenvalue weighted by Gasteiger charge is -2.11.